The highest BCUT2D eigenvalue weighted by atomic mass is 16.5. The van der Waals surface area contributed by atoms with E-state index in [1.165, 1.54) is 16.7 Å². The first-order chi connectivity index (χ1) is 8.93. The predicted octanol–water partition coefficient (Wildman–Crippen LogP) is 4.15. The quantitative estimate of drug-likeness (QED) is 0.745. The van der Waals surface area contributed by atoms with Crippen molar-refractivity contribution in [2.24, 2.45) is 0 Å². The van der Waals surface area contributed by atoms with E-state index in [-0.39, 0.29) is 0 Å². The molecule has 0 unspecified atom stereocenters. The molecule has 1 rings (SSSR count). The molecule has 0 saturated heterocycles. The monoisotopic (exact) mass is 261 g/mol. The number of nitrogens with one attached hydrogen (secondary N) is 1. The standard InChI is InChI=1S/C17H27NO/c1-7-13(4)11-19-17-14(5)8-16(9-15(17)6)10-18-12(2)3/h8-9,12,18H,4,7,10-11H2,1-3,5-6H3. The molecule has 1 N–H and O–H groups in total. The minimum absolute atomic E-state index is 0.504. The lowest BCUT2D eigenvalue weighted by atomic mass is 10.1. The van der Waals surface area contributed by atoms with Gasteiger partial charge in [0, 0.05) is 12.6 Å². The van der Waals surface area contributed by atoms with E-state index >= 15 is 0 Å². The lowest BCUT2D eigenvalue weighted by molar-refractivity contribution is 0.344. The predicted molar refractivity (Wildman–Crippen MR) is 82.8 cm³/mol. The minimum Gasteiger partial charge on any atom is -0.489 e. The van der Waals surface area contributed by atoms with Gasteiger partial charge in [0.25, 0.3) is 0 Å². The average Bonchev–Trinajstić information content (AvgIpc) is 2.34. The molecule has 0 atom stereocenters. The van der Waals surface area contributed by atoms with Crippen molar-refractivity contribution in [2.75, 3.05) is 6.61 Å². The van der Waals surface area contributed by atoms with Gasteiger partial charge in [-0.2, -0.15) is 0 Å². The second kappa shape index (κ2) is 7.34. The zero-order valence-electron chi connectivity index (χ0n) is 13.0. The Hall–Kier alpha value is -1.28. The fourth-order valence-corrected chi connectivity index (χ4v) is 1.97. The fourth-order valence-electron chi connectivity index (χ4n) is 1.97. The summed E-state index contributed by atoms with van der Waals surface area (Å²) in [6.45, 7) is 16.1. The summed E-state index contributed by atoms with van der Waals surface area (Å²) in [4.78, 5) is 0. The molecule has 0 radical (unpaired) electrons. The molecule has 0 heterocycles. The Balaban J connectivity index is 2.76. The highest BCUT2D eigenvalue weighted by Gasteiger charge is 2.07. The number of rotatable bonds is 7. The Labute approximate surface area is 117 Å². The zero-order valence-corrected chi connectivity index (χ0v) is 13.0. The van der Waals surface area contributed by atoms with Gasteiger partial charge in [-0.05, 0) is 42.5 Å². The van der Waals surface area contributed by atoms with Crippen LogP contribution in [0.5, 0.6) is 5.75 Å². The topological polar surface area (TPSA) is 21.3 Å². The van der Waals surface area contributed by atoms with Crippen LogP contribution in [-0.2, 0) is 6.54 Å². The number of benzene rings is 1. The summed E-state index contributed by atoms with van der Waals surface area (Å²) in [6.07, 6.45) is 0.967. The molecule has 0 saturated carbocycles. The molecular weight excluding hydrogens is 234 g/mol. The molecule has 19 heavy (non-hydrogen) atoms. The highest BCUT2D eigenvalue weighted by molar-refractivity contribution is 5.43. The Morgan fingerprint density at radius 3 is 2.32 bits per heavy atom. The van der Waals surface area contributed by atoms with Crippen LogP contribution in [0, 0.1) is 13.8 Å². The van der Waals surface area contributed by atoms with Crippen LogP contribution in [0.1, 0.15) is 43.9 Å². The van der Waals surface area contributed by atoms with Crippen molar-refractivity contribution in [2.45, 2.75) is 53.6 Å². The van der Waals surface area contributed by atoms with E-state index < -0.39 is 0 Å². The molecule has 0 amide bonds. The third-order valence-electron chi connectivity index (χ3n) is 3.16. The molecule has 2 heteroatoms. The maximum absolute atomic E-state index is 5.88. The smallest absolute Gasteiger partial charge is 0.125 e. The molecule has 0 aliphatic carbocycles. The SMILES string of the molecule is C=C(CC)COc1c(C)cc(CNC(C)C)cc1C. The Bertz CT molecular complexity index is 412. The maximum atomic E-state index is 5.88. The fraction of sp³-hybridized carbons (Fsp3) is 0.529. The molecule has 0 bridgehead atoms. The third kappa shape index (κ3) is 5.07. The largest absolute Gasteiger partial charge is 0.489 e. The first-order valence-electron chi connectivity index (χ1n) is 7.07. The maximum Gasteiger partial charge on any atom is 0.125 e. The van der Waals surface area contributed by atoms with Crippen molar-refractivity contribution in [3.63, 3.8) is 0 Å². The van der Waals surface area contributed by atoms with Crippen molar-refractivity contribution >= 4 is 0 Å². The van der Waals surface area contributed by atoms with Gasteiger partial charge in [0.05, 0.1) is 0 Å². The molecule has 1 aromatic rings. The van der Waals surface area contributed by atoms with Crippen LogP contribution in [0.25, 0.3) is 0 Å². The van der Waals surface area contributed by atoms with Crippen LogP contribution >= 0.6 is 0 Å². The molecule has 0 fully saturated rings. The van der Waals surface area contributed by atoms with E-state index in [2.05, 4.69) is 58.6 Å². The molecular formula is C17H27NO. The molecule has 0 spiro atoms. The van der Waals surface area contributed by atoms with E-state index in [1.54, 1.807) is 0 Å². The van der Waals surface area contributed by atoms with Crippen LogP contribution in [0.3, 0.4) is 0 Å². The summed E-state index contributed by atoms with van der Waals surface area (Å²) in [5.74, 6) is 1.00. The van der Waals surface area contributed by atoms with Gasteiger partial charge in [-0.15, -0.1) is 0 Å². The summed E-state index contributed by atoms with van der Waals surface area (Å²) < 4.78 is 5.88. The van der Waals surface area contributed by atoms with E-state index in [4.69, 9.17) is 4.74 Å². The Kier molecular flexibility index (Phi) is 6.10. The molecule has 0 aliphatic heterocycles. The normalized spacial score (nSPS) is 10.8. The van der Waals surface area contributed by atoms with Gasteiger partial charge in [-0.3, -0.25) is 0 Å². The minimum atomic E-state index is 0.504. The Morgan fingerprint density at radius 1 is 1.26 bits per heavy atom. The molecule has 2 nitrogen and oxygen atoms in total. The number of hydrogen-bond donors (Lipinski definition) is 1. The van der Waals surface area contributed by atoms with Gasteiger partial charge in [0.1, 0.15) is 12.4 Å². The molecule has 106 valence electrons. The summed E-state index contributed by atoms with van der Waals surface area (Å²) in [5.41, 5.74) is 4.84. The zero-order chi connectivity index (χ0) is 14.4. The van der Waals surface area contributed by atoms with E-state index in [9.17, 15) is 0 Å². The lowest BCUT2D eigenvalue weighted by Gasteiger charge is -2.15. The van der Waals surface area contributed by atoms with Gasteiger partial charge < -0.3 is 10.1 Å². The van der Waals surface area contributed by atoms with Crippen LogP contribution < -0.4 is 10.1 Å². The average molecular weight is 261 g/mol. The van der Waals surface area contributed by atoms with Crippen molar-refractivity contribution in [1.82, 2.24) is 5.32 Å². The highest BCUT2D eigenvalue weighted by Crippen LogP contribution is 2.25. The van der Waals surface area contributed by atoms with Crippen molar-refractivity contribution < 1.29 is 4.74 Å². The van der Waals surface area contributed by atoms with Crippen LogP contribution in [-0.4, -0.2) is 12.6 Å². The third-order valence-corrected chi connectivity index (χ3v) is 3.16. The number of ether oxygens (including phenoxy) is 1. The van der Waals surface area contributed by atoms with Crippen LogP contribution in [0.15, 0.2) is 24.3 Å². The Morgan fingerprint density at radius 2 is 1.84 bits per heavy atom. The van der Waals surface area contributed by atoms with Gasteiger partial charge in [0.15, 0.2) is 0 Å². The van der Waals surface area contributed by atoms with E-state index in [0.717, 1.165) is 24.3 Å². The summed E-state index contributed by atoms with van der Waals surface area (Å²) >= 11 is 0. The number of aryl methyl sites for hydroxylation is 2. The van der Waals surface area contributed by atoms with Crippen molar-refractivity contribution in [1.29, 1.82) is 0 Å². The molecule has 1 aromatic carbocycles. The van der Waals surface area contributed by atoms with Gasteiger partial charge in [-0.1, -0.05) is 39.5 Å². The van der Waals surface area contributed by atoms with Crippen LogP contribution in [0.2, 0.25) is 0 Å². The molecule has 0 aliphatic rings. The van der Waals surface area contributed by atoms with Gasteiger partial charge in [0.2, 0.25) is 0 Å². The van der Waals surface area contributed by atoms with E-state index in [0.29, 0.717) is 12.6 Å². The van der Waals surface area contributed by atoms with Crippen molar-refractivity contribution in [3.05, 3.63) is 41.0 Å². The van der Waals surface area contributed by atoms with Crippen molar-refractivity contribution in [3.8, 4) is 5.75 Å². The second-order valence-corrected chi connectivity index (χ2v) is 5.49. The molecule has 0 aromatic heterocycles. The van der Waals surface area contributed by atoms with Crippen LogP contribution in [0.4, 0.5) is 0 Å². The van der Waals surface area contributed by atoms with E-state index in [1.807, 2.05) is 0 Å². The van der Waals surface area contributed by atoms with Gasteiger partial charge in [-0.25, -0.2) is 0 Å². The first kappa shape index (κ1) is 15.8. The van der Waals surface area contributed by atoms with Gasteiger partial charge >= 0.3 is 0 Å². The first-order valence-corrected chi connectivity index (χ1v) is 7.07. The summed E-state index contributed by atoms with van der Waals surface area (Å²) in [5, 5.41) is 3.44. The summed E-state index contributed by atoms with van der Waals surface area (Å²) in [6, 6.07) is 4.91. The number of hydrogen-bond acceptors (Lipinski definition) is 2. The second-order valence-electron chi connectivity index (χ2n) is 5.49. The lowest BCUT2D eigenvalue weighted by Crippen LogP contribution is -2.21. The summed E-state index contributed by atoms with van der Waals surface area (Å²) in [7, 11) is 0.